The van der Waals surface area contributed by atoms with Gasteiger partial charge in [-0.15, -0.1) is 0 Å². The van der Waals surface area contributed by atoms with Crippen LogP contribution in [-0.2, 0) is 13.8 Å². The van der Waals surface area contributed by atoms with E-state index in [0.29, 0.717) is 12.8 Å². The monoisotopic (exact) mass is 226 g/mol. The van der Waals surface area contributed by atoms with E-state index in [-0.39, 0.29) is 12.7 Å². The number of halogens is 1. The Morgan fingerprint density at radius 2 is 2.00 bits per heavy atom. The van der Waals surface area contributed by atoms with E-state index in [1.54, 1.807) is 0 Å². The van der Waals surface area contributed by atoms with Crippen molar-refractivity contribution in [1.29, 1.82) is 0 Å². The van der Waals surface area contributed by atoms with Crippen LogP contribution in [-0.4, -0.2) is 25.9 Å². The number of ether oxygens (including phenoxy) is 1. The summed E-state index contributed by atoms with van der Waals surface area (Å²) in [7, 11) is 1.89. The van der Waals surface area contributed by atoms with E-state index >= 15 is 0 Å². The molecule has 0 N–H and O–H groups in total. The third-order valence-electron chi connectivity index (χ3n) is 2.46. The topological polar surface area (TPSA) is 43.4 Å². The van der Waals surface area contributed by atoms with E-state index in [0.717, 1.165) is 6.42 Å². The number of hydrogen-bond acceptors (Lipinski definition) is 3. The number of hydrogen-bond donors (Lipinski definition) is 0. The fraction of sp³-hybridized carbons (Fsp3) is 1.00. The van der Waals surface area contributed by atoms with E-state index in [1.807, 2.05) is 13.8 Å². The molecule has 0 aromatic heterocycles. The molecule has 1 saturated carbocycles. The second kappa shape index (κ2) is 3.75. The van der Waals surface area contributed by atoms with Gasteiger partial charge in [0, 0.05) is 10.7 Å². The highest BCUT2D eigenvalue weighted by Crippen LogP contribution is 2.41. The van der Waals surface area contributed by atoms with E-state index in [9.17, 15) is 8.42 Å². The Balaban J connectivity index is 2.61. The summed E-state index contributed by atoms with van der Waals surface area (Å²) in [5.74, 6) is 0. The van der Waals surface area contributed by atoms with Gasteiger partial charge >= 0.3 is 0 Å². The van der Waals surface area contributed by atoms with Crippen LogP contribution in [0.15, 0.2) is 0 Å². The lowest BCUT2D eigenvalue weighted by molar-refractivity contribution is 0.0407. The fourth-order valence-corrected chi connectivity index (χ4v) is 2.93. The van der Waals surface area contributed by atoms with Gasteiger partial charge in [-0.1, -0.05) is 6.42 Å². The molecule has 0 bridgehead atoms. The minimum atomic E-state index is -3.48. The van der Waals surface area contributed by atoms with Gasteiger partial charge in [-0.25, -0.2) is 8.42 Å². The molecule has 0 amide bonds. The van der Waals surface area contributed by atoms with E-state index in [4.69, 9.17) is 15.4 Å². The molecule has 0 aromatic carbocycles. The lowest BCUT2D eigenvalue weighted by Crippen LogP contribution is -2.47. The van der Waals surface area contributed by atoms with Gasteiger partial charge in [0.2, 0.25) is 9.05 Å². The molecule has 0 aromatic rings. The van der Waals surface area contributed by atoms with Gasteiger partial charge in [0.15, 0.2) is 0 Å². The second-order valence-corrected chi connectivity index (χ2v) is 6.79. The molecular weight excluding hydrogens is 212 g/mol. The van der Waals surface area contributed by atoms with Crippen LogP contribution in [0.3, 0.4) is 0 Å². The Hall–Kier alpha value is 0.200. The van der Waals surface area contributed by atoms with Gasteiger partial charge < -0.3 is 4.74 Å². The van der Waals surface area contributed by atoms with Crippen molar-refractivity contribution < 1.29 is 13.2 Å². The van der Waals surface area contributed by atoms with Crippen LogP contribution < -0.4 is 0 Å². The van der Waals surface area contributed by atoms with E-state index in [2.05, 4.69) is 0 Å². The summed E-state index contributed by atoms with van der Waals surface area (Å²) in [5.41, 5.74) is 0. The predicted octanol–water partition coefficient (Wildman–Crippen LogP) is 1.90. The minimum Gasteiger partial charge on any atom is -0.377 e. The first-order chi connectivity index (χ1) is 5.87. The molecule has 78 valence electrons. The highest BCUT2D eigenvalue weighted by atomic mass is 35.7. The van der Waals surface area contributed by atoms with Gasteiger partial charge in [0.05, 0.1) is 12.7 Å². The van der Waals surface area contributed by atoms with Crippen molar-refractivity contribution in [2.45, 2.75) is 44.0 Å². The van der Waals surface area contributed by atoms with Crippen molar-refractivity contribution >= 4 is 19.7 Å². The predicted molar refractivity (Wildman–Crippen MR) is 52.4 cm³/mol. The van der Waals surface area contributed by atoms with Gasteiger partial charge in [0.25, 0.3) is 0 Å². The zero-order valence-corrected chi connectivity index (χ0v) is 9.49. The van der Waals surface area contributed by atoms with Crippen LogP contribution in [0.4, 0.5) is 0 Å². The first kappa shape index (κ1) is 11.3. The first-order valence-corrected chi connectivity index (χ1v) is 6.74. The molecule has 1 rings (SSSR count). The lowest BCUT2D eigenvalue weighted by Gasteiger charge is -2.38. The number of rotatable bonds is 4. The molecule has 0 radical (unpaired) electrons. The SMILES string of the molecule is CC(C)OCC1(S(=O)(=O)Cl)CCC1. The van der Waals surface area contributed by atoms with Gasteiger partial charge in [0.1, 0.15) is 4.75 Å². The van der Waals surface area contributed by atoms with Crippen LogP contribution in [0.25, 0.3) is 0 Å². The maximum absolute atomic E-state index is 11.2. The van der Waals surface area contributed by atoms with Crippen molar-refractivity contribution in [2.24, 2.45) is 0 Å². The smallest absolute Gasteiger partial charge is 0.240 e. The molecule has 5 heteroatoms. The molecular formula is C8H15ClO3S. The third-order valence-corrected chi connectivity index (χ3v) is 5.00. The molecule has 0 spiro atoms. The average Bonchev–Trinajstić information content (AvgIpc) is 1.80. The average molecular weight is 227 g/mol. The summed E-state index contributed by atoms with van der Waals surface area (Å²) < 4.78 is 27.0. The first-order valence-electron chi connectivity index (χ1n) is 4.43. The molecule has 13 heavy (non-hydrogen) atoms. The van der Waals surface area contributed by atoms with Crippen LogP contribution in [0, 0.1) is 0 Å². The summed E-state index contributed by atoms with van der Waals surface area (Å²) in [6.45, 7) is 4.00. The van der Waals surface area contributed by atoms with Gasteiger partial charge in [-0.05, 0) is 26.7 Å². The molecule has 3 nitrogen and oxygen atoms in total. The summed E-state index contributed by atoms with van der Waals surface area (Å²) in [5, 5.41) is 0. The molecule has 0 saturated heterocycles. The molecule has 0 atom stereocenters. The Labute approximate surface area is 83.8 Å². The zero-order valence-electron chi connectivity index (χ0n) is 7.92. The van der Waals surface area contributed by atoms with Crippen LogP contribution in [0.2, 0.25) is 0 Å². The summed E-state index contributed by atoms with van der Waals surface area (Å²) in [6.07, 6.45) is 2.24. The van der Waals surface area contributed by atoms with Crippen molar-refractivity contribution in [3.05, 3.63) is 0 Å². The van der Waals surface area contributed by atoms with E-state index in [1.165, 1.54) is 0 Å². The summed E-state index contributed by atoms with van der Waals surface area (Å²) in [6, 6.07) is 0. The maximum atomic E-state index is 11.2. The van der Waals surface area contributed by atoms with Crippen molar-refractivity contribution in [3.63, 3.8) is 0 Å². The van der Waals surface area contributed by atoms with Crippen molar-refractivity contribution in [3.8, 4) is 0 Å². The van der Waals surface area contributed by atoms with Crippen LogP contribution >= 0.6 is 10.7 Å². The maximum Gasteiger partial charge on any atom is 0.240 e. The third kappa shape index (κ3) is 2.36. The Morgan fingerprint density at radius 1 is 1.46 bits per heavy atom. The normalized spacial score (nSPS) is 21.5. The standard InChI is InChI=1S/C8H15ClO3S/c1-7(2)12-6-8(4-3-5-8)13(9,10)11/h7H,3-6H2,1-2H3. The fourth-order valence-electron chi connectivity index (χ4n) is 1.35. The minimum absolute atomic E-state index is 0.0518. The van der Waals surface area contributed by atoms with Gasteiger partial charge in [-0.3, -0.25) is 0 Å². The van der Waals surface area contributed by atoms with Crippen molar-refractivity contribution in [1.82, 2.24) is 0 Å². The Bertz CT molecular complexity index is 267. The Morgan fingerprint density at radius 3 is 2.23 bits per heavy atom. The van der Waals surface area contributed by atoms with Gasteiger partial charge in [-0.2, -0.15) is 0 Å². The zero-order chi connectivity index (χ0) is 10.1. The largest absolute Gasteiger partial charge is 0.377 e. The summed E-state index contributed by atoms with van der Waals surface area (Å²) >= 11 is 0. The summed E-state index contributed by atoms with van der Waals surface area (Å²) in [4.78, 5) is 0. The second-order valence-electron chi connectivity index (χ2n) is 3.83. The molecule has 1 fully saturated rings. The van der Waals surface area contributed by atoms with Crippen LogP contribution in [0.1, 0.15) is 33.1 Å². The van der Waals surface area contributed by atoms with Crippen LogP contribution in [0.5, 0.6) is 0 Å². The van der Waals surface area contributed by atoms with E-state index < -0.39 is 13.8 Å². The van der Waals surface area contributed by atoms with Crippen molar-refractivity contribution in [2.75, 3.05) is 6.61 Å². The molecule has 1 aliphatic rings. The molecule has 0 unspecified atom stereocenters. The molecule has 1 aliphatic carbocycles. The molecule has 0 aliphatic heterocycles. The lowest BCUT2D eigenvalue weighted by atomic mass is 9.85. The highest BCUT2D eigenvalue weighted by Gasteiger charge is 2.48. The highest BCUT2D eigenvalue weighted by molar-refractivity contribution is 8.14. The Kier molecular flexibility index (Phi) is 3.25. The molecule has 0 heterocycles. The quantitative estimate of drug-likeness (QED) is 0.688.